The van der Waals surface area contributed by atoms with Crippen LogP contribution in [-0.2, 0) is 0 Å². The van der Waals surface area contributed by atoms with Crippen LogP contribution < -0.4 is 0 Å². The second-order valence-corrected chi connectivity index (χ2v) is 13.9. The van der Waals surface area contributed by atoms with Gasteiger partial charge in [0.05, 0.1) is 28.1 Å². The summed E-state index contributed by atoms with van der Waals surface area (Å²) in [5, 5.41) is 4.61. The standard InChI is InChI=1S/C51H34N4/c1-33-31-45(43-18-10-16-36-13-8-9-17-42(36)43)44-29-27-40-28-30-46(53-49(40)50(44)52-33)37-23-25-39(26-24-37)48-32-47(54-51(55-48)41-14-6-3-7-15-41)38-21-19-35(20-22-38)34-11-4-2-5-12-34/h2-32H,1H3. The highest BCUT2D eigenvalue weighted by molar-refractivity contribution is 6.11. The molecule has 0 amide bonds. The van der Waals surface area contributed by atoms with Gasteiger partial charge < -0.3 is 0 Å². The monoisotopic (exact) mass is 702 g/mol. The first-order valence-electron chi connectivity index (χ1n) is 18.6. The normalized spacial score (nSPS) is 11.4. The quantitative estimate of drug-likeness (QED) is 0.162. The number of aryl methyl sites for hydroxylation is 1. The van der Waals surface area contributed by atoms with Gasteiger partial charge in [0.15, 0.2) is 5.82 Å². The number of benzene rings is 7. The molecule has 7 aromatic carbocycles. The summed E-state index contributed by atoms with van der Waals surface area (Å²) in [4.78, 5) is 20.4. The molecule has 0 saturated carbocycles. The summed E-state index contributed by atoms with van der Waals surface area (Å²) >= 11 is 0. The van der Waals surface area contributed by atoms with Crippen LogP contribution in [-0.4, -0.2) is 19.9 Å². The van der Waals surface area contributed by atoms with Gasteiger partial charge in [-0.25, -0.2) is 15.0 Å². The molecule has 0 fully saturated rings. The zero-order chi connectivity index (χ0) is 36.7. The molecule has 258 valence electrons. The van der Waals surface area contributed by atoms with Gasteiger partial charge in [0.1, 0.15) is 0 Å². The topological polar surface area (TPSA) is 51.6 Å². The Morgan fingerprint density at radius 1 is 0.309 bits per heavy atom. The van der Waals surface area contributed by atoms with Crippen LogP contribution in [0.25, 0.3) is 100.0 Å². The van der Waals surface area contributed by atoms with Crippen LogP contribution in [0.3, 0.4) is 0 Å². The molecule has 10 aromatic rings. The smallest absolute Gasteiger partial charge is 0.160 e. The van der Waals surface area contributed by atoms with Crippen molar-refractivity contribution >= 4 is 32.6 Å². The van der Waals surface area contributed by atoms with Crippen LogP contribution in [0.1, 0.15) is 5.69 Å². The molecule has 0 aliphatic carbocycles. The average molecular weight is 703 g/mol. The first kappa shape index (κ1) is 32.4. The minimum atomic E-state index is 0.693. The van der Waals surface area contributed by atoms with E-state index in [1.165, 1.54) is 33.0 Å². The van der Waals surface area contributed by atoms with Crippen LogP contribution in [0.2, 0.25) is 0 Å². The van der Waals surface area contributed by atoms with E-state index in [2.05, 4.69) is 171 Å². The van der Waals surface area contributed by atoms with Crippen molar-refractivity contribution in [1.82, 2.24) is 19.9 Å². The van der Waals surface area contributed by atoms with Crippen molar-refractivity contribution in [2.24, 2.45) is 0 Å². The SMILES string of the molecule is Cc1cc(-c2cccc3ccccc23)c2ccc3ccc(-c4ccc(-c5cc(-c6ccc(-c7ccccc7)cc6)nc(-c6ccccc6)n5)cc4)nc3c2n1. The van der Waals surface area contributed by atoms with E-state index < -0.39 is 0 Å². The number of nitrogens with zero attached hydrogens (tertiary/aromatic N) is 4. The molecule has 55 heavy (non-hydrogen) atoms. The van der Waals surface area contributed by atoms with Crippen molar-refractivity contribution in [3.63, 3.8) is 0 Å². The summed E-state index contributed by atoms with van der Waals surface area (Å²) < 4.78 is 0. The average Bonchev–Trinajstić information content (AvgIpc) is 3.26. The number of pyridine rings is 2. The molecule has 4 nitrogen and oxygen atoms in total. The largest absolute Gasteiger partial charge is 0.251 e. The minimum absolute atomic E-state index is 0.693. The van der Waals surface area contributed by atoms with Crippen LogP contribution in [0.5, 0.6) is 0 Å². The Morgan fingerprint density at radius 2 is 0.873 bits per heavy atom. The second-order valence-electron chi connectivity index (χ2n) is 13.9. The maximum Gasteiger partial charge on any atom is 0.160 e. The lowest BCUT2D eigenvalue weighted by Crippen LogP contribution is -1.96. The van der Waals surface area contributed by atoms with Crippen LogP contribution in [0.4, 0.5) is 0 Å². The highest BCUT2D eigenvalue weighted by atomic mass is 14.9. The first-order valence-corrected chi connectivity index (χ1v) is 18.6. The van der Waals surface area contributed by atoms with E-state index in [-0.39, 0.29) is 0 Å². The third-order valence-electron chi connectivity index (χ3n) is 10.4. The zero-order valence-electron chi connectivity index (χ0n) is 30.2. The van der Waals surface area contributed by atoms with Gasteiger partial charge in [-0.1, -0.05) is 170 Å². The lowest BCUT2D eigenvalue weighted by molar-refractivity contribution is 1.18. The van der Waals surface area contributed by atoms with Gasteiger partial charge in [-0.05, 0) is 58.1 Å². The molecule has 0 spiro atoms. The van der Waals surface area contributed by atoms with E-state index in [0.717, 1.165) is 66.8 Å². The highest BCUT2D eigenvalue weighted by Crippen LogP contribution is 2.37. The van der Waals surface area contributed by atoms with Crippen molar-refractivity contribution in [2.75, 3.05) is 0 Å². The molecule has 0 aliphatic rings. The number of hydrogen-bond donors (Lipinski definition) is 0. The molecule has 0 radical (unpaired) electrons. The third kappa shape index (κ3) is 6.10. The molecule has 0 N–H and O–H groups in total. The fraction of sp³-hybridized carbons (Fsp3) is 0.0196. The Hall–Kier alpha value is -7.30. The fourth-order valence-electron chi connectivity index (χ4n) is 7.58. The van der Waals surface area contributed by atoms with E-state index in [9.17, 15) is 0 Å². The van der Waals surface area contributed by atoms with E-state index in [0.29, 0.717) is 5.82 Å². The maximum atomic E-state index is 5.26. The molecule has 4 heteroatoms. The molecule has 0 unspecified atom stereocenters. The van der Waals surface area contributed by atoms with Crippen molar-refractivity contribution in [3.8, 4) is 67.4 Å². The molecule has 0 atom stereocenters. The molecular weight excluding hydrogens is 669 g/mol. The lowest BCUT2D eigenvalue weighted by Gasteiger charge is -2.13. The first-order chi connectivity index (χ1) is 27.1. The predicted molar refractivity (Wildman–Crippen MR) is 227 cm³/mol. The Labute approximate surface area is 319 Å². The van der Waals surface area contributed by atoms with Gasteiger partial charge in [0, 0.05) is 38.7 Å². The lowest BCUT2D eigenvalue weighted by atomic mass is 9.94. The number of aromatic nitrogens is 4. The molecular formula is C51H34N4. The van der Waals surface area contributed by atoms with Crippen LogP contribution >= 0.6 is 0 Å². The summed E-state index contributed by atoms with van der Waals surface area (Å²) in [6.45, 7) is 2.07. The van der Waals surface area contributed by atoms with Crippen molar-refractivity contribution in [1.29, 1.82) is 0 Å². The van der Waals surface area contributed by atoms with Crippen LogP contribution in [0.15, 0.2) is 188 Å². The Balaban J connectivity index is 1.03. The molecule has 0 saturated heterocycles. The van der Waals surface area contributed by atoms with Gasteiger partial charge >= 0.3 is 0 Å². The summed E-state index contributed by atoms with van der Waals surface area (Å²) in [5.74, 6) is 0.693. The minimum Gasteiger partial charge on any atom is -0.251 e. The van der Waals surface area contributed by atoms with E-state index >= 15 is 0 Å². The third-order valence-corrected chi connectivity index (χ3v) is 10.4. The van der Waals surface area contributed by atoms with Gasteiger partial charge in [0.25, 0.3) is 0 Å². The number of hydrogen-bond acceptors (Lipinski definition) is 4. The summed E-state index contributed by atoms with van der Waals surface area (Å²) in [6.07, 6.45) is 0. The van der Waals surface area contributed by atoms with Crippen molar-refractivity contribution in [3.05, 3.63) is 194 Å². The van der Waals surface area contributed by atoms with Gasteiger partial charge in [-0.3, -0.25) is 4.98 Å². The molecule has 3 aromatic heterocycles. The molecule has 10 rings (SSSR count). The Bertz CT molecular complexity index is 3010. The van der Waals surface area contributed by atoms with Gasteiger partial charge in [-0.15, -0.1) is 0 Å². The summed E-state index contributed by atoms with van der Waals surface area (Å²) in [6, 6.07) is 65.7. The zero-order valence-corrected chi connectivity index (χ0v) is 30.2. The molecule has 0 bridgehead atoms. The van der Waals surface area contributed by atoms with Crippen molar-refractivity contribution in [2.45, 2.75) is 6.92 Å². The summed E-state index contributed by atoms with van der Waals surface area (Å²) in [5.41, 5.74) is 14.2. The van der Waals surface area contributed by atoms with Crippen LogP contribution in [0, 0.1) is 6.92 Å². The molecule has 0 aliphatic heterocycles. The van der Waals surface area contributed by atoms with E-state index in [4.69, 9.17) is 19.9 Å². The highest BCUT2D eigenvalue weighted by Gasteiger charge is 2.15. The summed E-state index contributed by atoms with van der Waals surface area (Å²) in [7, 11) is 0. The maximum absolute atomic E-state index is 5.26. The van der Waals surface area contributed by atoms with E-state index in [1.807, 2.05) is 24.3 Å². The molecule has 3 heterocycles. The second kappa shape index (κ2) is 13.6. The van der Waals surface area contributed by atoms with E-state index in [1.54, 1.807) is 0 Å². The number of rotatable bonds is 6. The predicted octanol–water partition coefficient (Wildman–Crippen LogP) is 13.0. The number of fused-ring (bicyclic) bond motifs is 4. The Morgan fingerprint density at radius 3 is 1.58 bits per heavy atom. The van der Waals surface area contributed by atoms with Gasteiger partial charge in [0.2, 0.25) is 0 Å². The van der Waals surface area contributed by atoms with Crippen molar-refractivity contribution < 1.29 is 0 Å². The van der Waals surface area contributed by atoms with Gasteiger partial charge in [-0.2, -0.15) is 0 Å². The Kier molecular flexibility index (Phi) is 8.00. The fourth-order valence-corrected chi connectivity index (χ4v) is 7.58.